The van der Waals surface area contributed by atoms with Crippen LogP contribution in [0.4, 0.5) is 0 Å². The summed E-state index contributed by atoms with van der Waals surface area (Å²) in [5, 5.41) is 12.5. The zero-order valence-corrected chi connectivity index (χ0v) is 15.2. The average Bonchev–Trinajstić information content (AvgIpc) is 2.97. The van der Waals surface area contributed by atoms with E-state index in [-0.39, 0.29) is 5.91 Å². The van der Waals surface area contributed by atoms with Crippen LogP contribution in [0.5, 0.6) is 0 Å². The average molecular weight is 348 g/mol. The fraction of sp³-hybridized carbons (Fsp3) is 0.579. The summed E-state index contributed by atoms with van der Waals surface area (Å²) < 4.78 is 5.42. The molecule has 6 heteroatoms. The first-order valence-corrected chi connectivity index (χ1v) is 8.76. The molecule has 138 valence electrons. The lowest BCUT2D eigenvalue weighted by Gasteiger charge is -2.32. The van der Waals surface area contributed by atoms with Crippen LogP contribution in [0.1, 0.15) is 39.2 Å². The Labute approximate surface area is 149 Å². The molecule has 0 bridgehead atoms. The van der Waals surface area contributed by atoms with Crippen molar-refractivity contribution < 1.29 is 19.4 Å². The molecule has 1 saturated heterocycles. The number of likely N-dealkylation sites (tertiary alicyclic amines) is 1. The van der Waals surface area contributed by atoms with Crippen molar-refractivity contribution in [3.63, 3.8) is 0 Å². The Balaban J connectivity index is 2.11. The molecule has 6 nitrogen and oxygen atoms in total. The summed E-state index contributed by atoms with van der Waals surface area (Å²) in [6.45, 7) is 7.18. The van der Waals surface area contributed by atoms with Crippen LogP contribution in [0.25, 0.3) is 0 Å². The van der Waals surface area contributed by atoms with Crippen LogP contribution >= 0.6 is 0 Å². The van der Waals surface area contributed by atoms with Crippen molar-refractivity contribution in [2.75, 3.05) is 13.2 Å². The van der Waals surface area contributed by atoms with E-state index in [9.17, 15) is 14.7 Å². The fourth-order valence-electron chi connectivity index (χ4n) is 3.24. The number of ether oxygens (including phenoxy) is 1. The Hall–Kier alpha value is -1.92. The fourth-order valence-corrected chi connectivity index (χ4v) is 3.24. The summed E-state index contributed by atoms with van der Waals surface area (Å²) >= 11 is 0. The first-order valence-electron chi connectivity index (χ1n) is 8.76. The number of aliphatic carboxylic acids is 1. The summed E-state index contributed by atoms with van der Waals surface area (Å²) in [4.78, 5) is 26.2. The highest BCUT2D eigenvalue weighted by Crippen LogP contribution is 2.27. The number of carbonyl (C=O) groups is 2. The van der Waals surface area contributed by atoms with Gasteiger partial charge in [0.2, 0.25) is 5.91 Å². The minimum Gasteiger partial charge on any atom is -0.480 e. The molecule has 1 aliphatic heterocycles. The minimum atomic E-state index is -0.875. The molecule has 2 unspecified atom stereocenters. The maximum Gasteiger partial charge on any atom is 0.320 e. The number of carboxylic acids is 1. The summed E-state index contributed by atoms with van der Waals surface area (Å²) in [6.07, 6.45) is 1.02. The molecule has 1 aliphatic rings. The van der Waals surface area contributed by atoms with Gasteiger partial charge in [-0.3, -0.25) is 14.5 Å². The molecule has 1 heterocycles. The molecule has 1 aromatic carbocycles. The number of nitrogens with one attached hydrogen (secondary N) is 1. The Morgan fingerprint density at radius 2 is 1.88 bits per heavy atom. The molecule has 2 rings (SSSR count). The van der Waals surface area contributed by atoms with E-state index in [0.717, 1.165) is 5.56 Å². The van der Waals surface area contributed by atoms with Gasteiger partial charge in [-0.15, -0.1) is 0 Å². The SMILES string of the molecule is CCOCC(C)(C)NC(=O)C1CCC(C(=O)O)N1Cc1ccccc1. The molecule has 0 aliphatic carbocycles. The first kappa shape index (κ1) is 19.4. The van der Waals surface area contributed by atoms with Gasteiger partial charge in [0, 0.05) is 13.2 Å². The minimum absolute atomic E-state index is 0.135. The molecule has 1 fully saturated rings. The number of carbonyl (C=O) groups excluding carboxylic acids is 1. The Bertz CT molecular complexity index is 588. The van der Waals surface area contributed by atoms with Crippen LogP contribution in [0.3, 0.4) is 0 Å². The smallest absolute Gasteiger partial charge is 0.320 e. The van der Waals surface area contributed by atoms with Gasteiger partial charge in [0.25, 0.3) is 0 Å². The molecule has 1 amide bonds. The number of hydrogen-bond acceptors (Lipinski definition) is 4. The zero-order chi connectivity index (χ0) is 18.4. The molecule has 25 heavy (non-hydrogen) atoms. The second-order valence-electron chi connectivity index (χ2n) is 7.12. The molecule has 0 radical (unpaired) electrons. The third kappa shape index (κ3) is 5.28. The van der Waals surface area contributed by atoms with Crippen LogP contribution in [-0.4, -0.2) is 52.7 Å². The van der Waals surface area contributed by atoms with Gasteiger partial charge in [0.05, 0.1) is 18.2 Å². The number of amides is 1. The third-order valence-corrected chi connectivity index (χ3v) is 4.44. The van der Waals surface area contributed by atoms with E-state index in [1.54, 1.807) is 4.90 Å². The van der Waals surface area contributed by atoms with E-state index in [4.69, 9.17) is 4.74 Å². The molecular formula is C19H28N2O4. The number of benzene rings is 1. The number of hydrogen-bond donors (Lipinski definition) is 2. The topological polar surface area (TPSA) is 78.9 Å². The van der Waals surface area contributed by atoms with Crippen molar-refractivity contribution in [3.05, 3.63) is 35.9 Å². The van der Waals surface area contributed by atoms with E-state index in [2.05, 4.69) is 5.32 Å². The second-order valence-corrected chi connectivity index (χ2v) is 7.12. The van der Waals surface area contributed by atoms with Crippen molar-refractivity contribution in [3.8, 4) is 0 Å². The van der Waals surface area contributed by atoms with E-state index in [1.807, 2.05) is 51.1 Å². The van der Waals surface area contributed by atoms with E-state index in [1.165, 1.54) is 0 Å². The van der Waals surface area contributed by atoms with Crippen molar-refractivity contribution in [2.24, 2.45) is 0 Å². The predicted molar refractivity (Wildman–Crippen MR) is 95.1 cm³/mol. The van der Waals surface area contributed by atoms with Gasteiger partial charge in [-0.2, -0.15) is 0 Å². The van der Waals surface area contributed by atoms with Gasteiger partial charge in [0.15, 0.2) is 0 Å². The molecule has 0 spiro atoms. The van der Waals surface area contributed by atoms with Gasteiger partial charge < -0.3 is 15.2 Å². The lowest BCUT2D eigenvalue weighted by atomic mass is 10.1. The molecule has 2 N–H and O–H groups in total. The highest BCUT2D eigenvalue weighted by atomic mass is 16.5. The molecule has 0 saturated carbocycles. The summed E-state index contributed by atoms with van der Waals surface area (Å²) in [5.74, 6) is -1.01. The van der Waals surface area contributed by atoms with Crippen LogP contribution in [0.2, 0.25) is 0 Å². The zero-order valence-electron chi connectivity index (χ0n) is 15.2. The monoisotopic (exact) mass is 348 g/mol. The molecule has 1 aromatic rings. The van der Waals surface area contributed by atoms with Gasteiger partial charge in [-0.25, -0.2) is 0 Å². The lowest BCUT2D eigenvalue weighted by molar-refractivity contribution is -0.143. The molecular weight excluding hydrogens is 320 g/mol. The van der Waals surface area contributed by atoms with Gasteiger partial charge in [-0.05, 0) is 39.2 Å². The van der Waals surface area contributed by atoms with Crippen molar-refractivity contribution in [1.82, 2.24) is 10.2 Å². The molecule has 0 aromatic heterocycles. The van der Waals surface area contributed by atoms with Crippen molar-refractivity contribution >= 4 is 11.9 Å². The normalized spacial score (nSPS) is 21.2. The van der Waals surface area contributed by atoms with Crippen LogP contribution in [-0.2, 0) is 20.9 Å². The van der Waals surface area contributed by atoms with E-state index >= 15 is 0 Å². The summed E-state index contributed by atoms with van der Waals surface area (Å²) in [7, 11) is 0. The van der Waals surface area contributed by atoms with Gasteiger partial charge in [0.1, 0.15) is 6.04 Å². The number of carboxylic acid groups (broad SMARTS) is 1. The van der Waals surface area contributed by atoms with Crippen LogP contribution in [0.15, 0.2) is 30.3 Å². The Kier molecular flexibility index (Phi) is 6.56. The van der Waals surface area contributed by atoms with E-state index < -0.39 is 23.6 Å². The van der Waals surface area contributed by atoms with Crippen molar-refractivity contribution in [2.45, 2.75) is 57.8 Å². The van der Waals surface area contributed by atoms with E-state index in [0.29, 0.717) is 32.6 Å². The quantitative estimate of drug-likeness (QED) is 0.752. The van der Waals surface area contributed by atoms with Gasteiger partial charge >= 0.3 is 5.97 Å². The predicted octanol–water partition coefficient (Wildman–Crippen LogP) is 2.04. The molecule has 2 atom stereocenters. The van der Waals surface area contributed by atoms with Crippen molar-refractivity contribution in [1.29, 1.82) is 0 Å². The van der Waals surface area contributed by atoms with Gasteiger partial charge in [-0.1, -0.05) is 30.3 Å². The Morgan fingerprint density at radius 3 is 2.48 bits per heavy atom. The number of rotatable bonds is 8. The second kappa shape index (κ2) is 8.45. The van der Waals surface area contributed by atoms with Crippen LogP contribution in [0, 0.1) is 0 Å². The highest BCUT2D eigenvalue weighted by Gasteiger charge is 2.42. The standard InChI is InChI=1S/C19H28N2O4/c1-4-25-13-19(2,3)20-17(22)15-10-11-16(18(23)24)21(15)12-14-8-6-5-7-9-14/h5-9,15-16H,4,10-13H2,1-3H3,(H,20,22)(H,23,24). The first-order chi connectivity index (χ1) is 11.8. The maximum absolute atomic E-state index is 12.8. The third-order valence-electron chi connectivity index (χ3n) is 4.44. The largest absolute Gasteiger partial charge is 0.480 e. The Morgan fingerprint density at radius 1 is 1.24 bits per heavy atom. The summed E-state index contributed by atoms with van der Waals surface area (Å²) in [6, 6.07) is 8.58. The lowest BCUT2D eigenvalue weighted by Crippen LogP contribution is -2.54. The summed E-state index contributed by atoms with van der Waals surface area (Å²) in [5.41, 5.74) is 0.509. The highest BCUT2D eigenvalue weighted by molar-refractivity contribution is 5.85. The maximum atomic E-state index is 12.8. The van der Waals surface area contributed by atoms with Crippen LogP contribution < -0.4 is 5.32 Å². The number of nitrogens with zero attached hydrogens (tertiary/aromatic N) is 1.